The van der Waals surface area contributed by atoms with Gasteiger partial charge in [0.25, 0.3) is 0 Å². The molecule has 1 saturated heterocycles. The highest BCUT2D eigenvalue weighted by Crippen LogP contribution is 2.27. The van der Waals surface area contributed by atoms with Crippen molar-refractivity contribution in [3.05, 3.63) is 60.7 Å². The molecule has 0 saturated carbocycles. The van der Waals surface area contributed by atoms with Crippen LogP contribution in [0.3, 0.4) is 0 Å². The Morgan fingerprint density at radius 3 is 2.04 bits per heavy atom. The molecular formula is C20H20F3NO2. The van der Waals surface area contributed by atoms with E-state index < -0.39 is 6.36 Å². The van der Waals surface area contributed by atoms with E-state index in [2.05, 4.69) is 28.3 Å². The third-order valence-corrected chi connectivity index (χ3v) is 4.30. The molecule has 1 aliphatic rings. The molecule has 3 nitrogen and oxygen atoms in total. The molecule has 0 radical (unpaired) electrons. The van der Waals surface area contributed by atoms with Gasteiger partial charge < -0.3 is 14.4 Å². The topological polar surface area (TPSA) is 21.7 Å². The zero-order chi connectivity index (χ0) is 18.6. The summed E-state index contributed by atoms with van der Waals surface area (Å²) in [6.45, 7) is 5.49. The number of halogens is 3. The highest BCUT2D eigenvalue weighted by Gasteiger charge is 2.31. The van der Waals surface area contributed by atoms with Crippen LogP contribution in [0.15, 0.2) is 55.1 Å². The summed E-state index contributed by atoms with van der Waals surface area (Å²) < 4.78 is 46.3. The predicted molar refractivity (Wildman–Crippen MR) is 95.5 cm³/mol. The molecule has 1 aliphatic heterocycles. The molecule has 0 amide bonds. The van der Waals surface area contributed by atoms with Crippen molar-refractivity contribution >= 4 is 11.8 Å². The first-order valence-corrected chi connectivity index (χ1v) is 8.43. The van der Waals surface area contributed by atoms with Crippen molar-refractivity contribution in [3.8, 4) is 11.5 Å². The van der Waals surface area contributed by atoms with Crippen molar-refractivity contribution in [3.63, 3.8) is 0 Å². The summed E-state index contributed by atoms with van der Waals surface area (Å²) in [6.07, 6.45) is -1.12. The lowest BCUT2D eigenvalue weighted by atomic mass is 10.1. The first-order chi connectivity index (χ1) is 12.4. The van der Waals surface area contributed by atoms with Gasteiger partial charge in [0.05, 0.1) is 0 Å². The molecule has 2 aromatic carbocycles. The second kappa shape index (κ2) is 7.72. The maximum absolute atomic E-state index is 12.2. The van der Waals surface area contributed by atoms with E-state index in [1.807, 2.05) is 18.2 Å². The van der Waals surface area contributed by atoms with Gasteiger partial charge in [-0.3, -0.25) is 0 Å². The summed E-state index contributed by atoms with van der Waals surface area (Å²) in [5.74, 6) is 0.302. The number of benzene rings is 2. The average Bonchev–Trinajstić information content (AvgIpc) is 2.63. The minimum Gasteiger partial charge on any atom is -0.490 e. The second-order valence-electron chi connectivity index (χ2n) is 6.12. The Bertz CT molecular complexity index is 718. The third kappa shape index (κ3) is 4.94. The third-order valence-electron chi connectivity index (χ3n) is 4.30. The van der Waals surface area contributed by atoms with Gasteiger partial charge in [-0.15, -0.1) is 13.2 Å². The smallest absolute Gasteiger partial charge is 0.490 e. The Morgan fingerprint density at radius 2 is 1.50 bits per heavy atom. The fraction of sp³-hybridized carbons (Fsp3) is 0.300. The Kier molecular flexibility index (Phi) is 5.40. The van der Waals surface area contributed by atoms with Crippen LogP contribution in [0.25, 0.3) is 6.08 Å². The number of piperidine rings is 1. The van der Waals surface area contributed by atoms with Crippen LogP contribution in [0.4, 0.5) is 18.9 Å². The Hall–Kier alpha value is -2.63. The Labute approximate surface area is 150 Å². The lowest BCUT2D eigenvalue weighted by Crippen LogP contribution is -2.38. The van der Waals surface area contributed by atoms with E-state index in [0.29, 0.717) is 5.75 Å². The number of anilines is 1. The lowest BCUT2D eigenvalue weighted by Gasteiger charge is -2.33. The molecule has 1 heterocycles. The molecule has 0 aromatic heterocycles. The van der Waals surface area contributed by atoms with Gasteiger partial charge >= 0.3 is 6.36 Å². The zero-order valence-corrected chi connectivity index (χ0v) is 14.2. The molecule has 0 spiro atoms. The molecule has 0 atom stereocenters. The van der Waals surface area contributed by atoms with E-state index in [0.717, 1.165) is 31.5 Å². The Balaban J connectivity index is 1.51. The van der Waals surface area contributed by atoms with E-state index in [-0.39, 0.29) is 11.9 Å². The molecule has 0 bridgehead atoms. The van der Waals surface area contributed by atoms with Crippen molar-refractivity contribution in [1.29, 1.82) is 0 Å². The molecule has 26 heavy (non-hydrogen) atoms. The van der Waals surface area contributed by atoms with Gasteiger partial charge in [-0.1, -0.05) is 24.8 Å². The van der Waals surface area contributed by atoms with Gasteiger partial charge in [-0.25, -0.2) is 0 Å². The number of hydrogen-bond acceptors (Lipinski definition) is 3. The van der Waals surface area contributed by atoms with Crippen LogP contribution in [-0.4, -0.2) is 25.6 Å². The standard InChI is InChI=1S/C20H20F3NO2/c1-2-15-3-5-16(6-4-15)24-13-11-18(12-14-24)25-17-7-9-19(10-8-17)26-20(21,22)23/h2-10,18H,1,11-14H2. The molecule has 0 unspecified atom stereocenters. The molecule has 3 rings (SSSR count). The number of alkyl halides is 3. The van der Waals surface area contributed by atoms with Gasteiger partial charge in [-0.2, -0.15) is 0 Å². The normalized spacial score (nSPS) is 15.6. The van der Waals surface area contributed by atoms with Crippen LogP contribution in [0, 0.1) is 0 Å². The number of nitrogens with zero attached hydrogens (tertiary/aromatic N) is 1. The minimum absolute atomic E-state index is 0.0492. The summed E-state index contributed by atoms with van der Waals surface area (Å²) in [5.41, 5.74) is 2.26. The van der Waals surface area contributed by atoms with Crippen molar-refractivity contribution in [2.75, 3.05) is 18.0 Å². The maximum Gasteiger partial charge on any atom is 0.573 e. The minimum atomic E-state index is -4.68. The van der Waals surface area contributed by atoms with Gasteiger partial charge in [0.15, 0.2) is 0 Å². The highest BCUT2D eigenvalue weighted by molar-refractivity contribution is 5.55. The van der Waals surface area contributed by atoms with E-state index in [1.165, 1.54) is 30.0 Å². The zero-order valence-electron chi connectivity index (χ0n) is 14.2. The van der Waals surface area contributed by atoms with E-state index in [4.69, 9.17) is 4.74 Å². The Morgan fingerprint density at radius 1 is 0.923 bits per heavy atom. The molecular weight excluding hydrogens is 343 g/mol. The fourth-order valence-electron chi connectivity index (χ4n) is 2.97. The van der Waals surface area contributed by atoms with Gasteiger partial charge in [0, 0.05) is 31.6 Å². The molecule has 2 aromatic rings. The SMILES string of the molecule is C=Cc1ccc(N2CCC(Oc3ccc(OC(F)(F)F)cc3)CC2)cc1. The number of ether oxygens (including phenoxy) is 2. The fourth-order valence-corrected chi connectivity index (χ4v) is 2.97. The van der Waals surface area contributed by atoms with E-state index >= 15 is 0 Å². The molecule has 138 valence electrons. The summed E-state index contributed by atoms with van der Waals surface area (Å²) in [6, 6.07) is 13.8. The monoisotopic (exact) mass is 363 g/mol. The van der Waals surface area contributed by atoms with Crippen LogP contribution in [0.1, 0.15) is 18.4 Å². The van der Waals surface area contributed by atoms with Crippen molar-refractivity contribution in [2.45, 2.75) is 25.3 Å². The molecule has 0 aliphatic carbocycles. The quantitative estimate of drug-likeness (QED) is 0.722. The summed E-state index contributed by atoms with van der Waals surface area (Å²) in [7, 11) is 0. The summed E-state index contributed by atoms with van der Waals surface area (Å²) in [4.78, 5) is 2.30. The summed E-state index contributed by atoms with van der Waals surface area (Å²) >= 11 is 0. The maximum atomic E-state index is 12.2. The number of hydrogen-bond donors (Lipinski definition) is 0. The summed E-state index contributed by atoms with van der Waals surface area (Å²) in [5, 5.41) is 0. The first kappa shape index (κ1) is 18.2. The van der Waals surface area contributed by atoms with Crippen LogP contribution in [0.5, 0.6) is 11.5 Å². The van der Waals surface area contributed by atoms with E-state index in [1.54, 1.807) is 0 Å². The van der Waals surface area contributed by atoms with Crippen LogP contribution < -0.4 is 14.4 Å². The van der Waals surface area contributed by atoms with Gasteiger partial charge in [0.1, 0.15) is 17.6 Å². The van der Waals surface area contributed by atoms with Crippen molar-refractivity contribution in [1.82, 2.24) is 0 Å². The van der Waals surface area contributed by atoms with E-state index in [9.17, 15) is 13.2 Å². The highest BCUT2D eigenvalue weighted by atomic mass is 19.4. The molecule has 0 N–H and O–H groups in total. The lowest BCUT2D eigenvalue weighted by molar-refractivity contribution is -0.274. The van der Waals surface area contributed by atoms with Crippen LogP contribution in [-0.2, 0) is 0 Å². The van der Waals surface area contributed by atoms with Crippen LogP contribution in [0.2, 0.25) is 0 Å². The molecule has 1 fully saturated rings. The van der Waals surface area contributed by atoms with Gasteiger partial charge in [-0.05, 0) is 42.0 Å². The average molecular weight is 363 g/mol. The second-order valence-corrected chi connectivity index (χ2v) is 6.12. The van der Waals surface area contributed by atoms with Crippen molar-refractivity contribution in [2.24, 2.45) is 0 Å². The predicted octanol–water partition coefficient (Wildman–Crippen LogP) is 5.28. The number of rotatable bonds is 5. The van der Waals surface area contributed by atoms with Crippen molar-refractivity contribution < 1.29 is 22.6 Å². The van der Waals surface area contributed by atoms with Gasteiger partial charge in [0.2, 0.25) is 0 Å². The first-order valence-electron chi connectivity index (χ1n) is 8.43. The molecule has 6 heteroatoms. The van der Waals surface area contributed by atoms with Crippen LogP contribution >= 0.6 is 0 Å². The largest absolute Gasteiger partial charge is 0.573 e.